The van der Waals surface area contributed by atoms with Crippen LogP contribution in [0.4, 0.5) is 0 Å². The molecule has 106 valence electrons. The highest BCUT2D eigenvalue weighted by Gasteiger charge is 2.33. The van der Waals surface area contributed by atoms with E-state index in [-0.39, 0.29) is 17.6 Å². The van der Waals surface area contributed by atoms with Crippen LogP contribution in [-0.2, 0) is 9.84 Å². The molecule has 19 heavy (non-hydrogen) atoms. The molecule has 2 N–H and O–H groups in total. The lowest BCUT2D eigenvalue weighted by Gasteiger charge is -2.21. The number of rotatable bonds is 5. The summed E-state index contributed by atoms with van der Waals surface area (Å²) in [5.41, 5.74) is 6.94. The zero-order chi connectivity index (χ0) is 13.9. The number of nitrogens with two attached hydrogens (primary N) is 1. The van der Waals surface area contributed by atoms with Gasteiger partial charge in [0.15, 0.2) is 9.84 Å². The minimum absolute atomic E-state index is 0.110. The Morgan fingerprint density at radius 1 is 1.37 bits per heavy atom. The van der Waals surface area contributed by atoms with Crippen LogP contribution in [-0.4, -0.2) is 33.1 Å². The summed E-state index contributed by atoms with van der Waals surface area (Å²) in [6.07, 6.45) is 0.710. The normalized spacial score (nSPS) is 23.2. The third-order valence-corrected chi connectivity index (χ3v) is 5.52. The van der Waals surface area contributed by atoms with Crippen molar-refractivity contribution in [3.63, 3.8) is 0 Å². The molecule has 1 aliphatic heterocycles. The molecule has 0 amide bonds. The second-order valence-electron chi connectivity index (χ2n) is 5.28. The fourth-order valence-corrected chi connectivity index (χ4v) is 4.35. The van der Waals surface area contributed by atoms with Gasteiger partial charge in [-0.15, -0.1) is 0 Å². The maximum Gasteiger partial charge on any atom is 0.150 e. The first-order valence-electron chi connectivity index (χ1n) is 6.60. The fraction of sp³-hybridized carbons (Fsp3) is 0.571. The molecular formula is C14H21NO3S. The molecule has 1 aliphatic rings. The Morgan fingerprint density at radius 2 is 2.05 bits per heavy atom. The summed E-state index contributed by atoms with van der Waals surface area (Å²) in [7, 11) is -2.85. The van der Waals surface area contributed by atoms with Crippen molar-refractivity contribution in [2.24, 2.45) is 17.6 Å². The predicted octanol–water partition coefficient (Wildman–Crippen LogP) is 1.38. The molecule has 2 rings (SSSR count). The quantitative estimate of drug-likeness (QED) is 0.886. The highest BCUT2D eigenvalue weighted by atomic mass is 32.2. The standard InChI is InChI=1S/C14H21NO3S/c1-11-2-4-14(5-3-11)18-9-13(8-15)12-6-7-19(16,17)10-12/h2-5,12-13H,6-10,15H2,1H3. The highest BCUT2D eigenvalue weighted by molar-refractivity contribution is 7.91. The molecule has 1 saturated heterocycles. The molecule has 0 bridgehead atoms. The van der Waals surface area contributed by atoms with Gasteiger partial charge in [0.25, 0.3) is 0 Å². The van der Waals surface area contributed by atoms with Crippen molar-refractivity contribution in [3.8, 4) is 5.75 Å². The largest absolute Gasteiger partial charge is 0.493 e. The maximum atomic E-state index is 11.5. The molecule has 2 atom stereocenters. The summed E-state index contributed by atoms with van der Waals surface area (Å²) in [5, 5.41) is 0. The number of sulfone groups is 1. The SMILES string of the molecule is Cc1ccc(OCC(CN)C2CCS(=O)(=O)C2)cc1. The smallest absolute Gasteiger partial charge is 0.150 e. The summed E-state index contributed by atoms with van der Waals surface area (Å²) in [5.74, 6) is 1.61. The van der Waals surface area contributed by atoms with Crippen molar-refractivity contribution in [3.05, 3.63) is 29.8 Å². The molecule has 1 aromatic carbocycles. The van der Waals surface area contributed by atoms with Crippen molar-refractivity contribution in [2.45, 2.75) is 13.3 Å². The van der Waals surface area contributed by atoms with Crippen LogP contribution in [0.25, 0.3) is 0 Å². The number of aryl methyl sites for hydroxylation is 1. The van der Waals surface area contributed by atoms with E-state index in [9.17, 15) is 8.42 Å². The van der Waals surface area contributed by atoms with Crippen LogP contribution >= 0.6 is 0 Å². The zero-order valence-corrected chi connectivity index (χ0v) is 12.0. The third kappa shape index (κ3) is 3.94. The van der Waals surface area contributed by atoms with Gasteiger partial charge >= 0.3 is 0 Å². The van der Waals surface area contributed by atoms with Gasteiger partial charge in [-0.3, -0.25) is 0 Å². The molecule has 1 fully saturated rings. The van der Waals surface area contributed by atoms with Crippen LogP contribution < -0.4 is 10.5 Å². The average Bonchev–Trinajstić information content (AvgIpc) is 2.73. The Morgan fingerprint density at radius 3 is 2.58 bits per heavy atom. The summed E-state index contributed by atoms with van der Waals surface area (Å²) >= 11 is 0. The van der Waals surface area contributed by atoms with E-state index in [1.165, 1.54) is 5.56 Å². The minimum Gasteiger partial charge on any atom is -0.493 e. The molecule has 0 aromatic heterocycles. The molecule has 1 heterocycles. The summed E-state index contributed by atoms with van der Waals surface area (Å²) in [6.45, 7) is 2.97. The van der Waals surface area contributed by atoms with E-state index in [0.717, 1.165) is 5.75 Å². The molecule has 1 aromatic rings. The maximum absolute atomic E-state index is 11.5. The van der Waals surface area contributed by atoms with Gasteiger partial charge < -0.3 is 10.5 Å². The van der Waals surface area contributed by atoms with E-state index in [2.05, 4.69) is 0 Å². The number of hydrogen-bond acceptors (Lipinski definition) is 4. The molecular weight excluding hydrogens is 262 g/mol. The van der Waals surface area contributed by atoms with Gasteiger partial charge in [0.2, 0.25) is 0 Å². The molecule has 0 aliphatic carbocycles. The van der Waals surface area contributed by atoms with E-state index >= 15 is 0 Å². The molecule has 2 unspecified atom stereocenters. The van der Waals surface area contributed by atoms with E-state index in [0.29, 0.717) is 25.3 Å². The van der Waals surface area contributed by atoms with Gasteiger partial charge in [-0.1, -0.05) is 17.7 Å². The monoisotopic (exact) mass is 283 g/mol. The Balaban J connectivity index is 1.91. The van der Waals surface area contributed by atoms with Gasteiger partial charge in [0.05, 0.1) is 18.1 Å². The van der Waals surface area contributed by atoms with Gasteiger partial charge in [0.1, 0.15) is 5.75 Å². The predicted molar refractivity (Wildman–Crippen MR) is 76.0 cm³/mol. The van der Waals surface area contributed by atoms with Crippen LogP contribution in [0.1, 0.15) is 12.0 Å². The Bertz CT molecular complexity index is 510. The van der Waals surface area contributed by atoms with E-state index in [4.69, 9.17) is 10.5 Å². The molecule has 0 radical (unpaired) electrons. The number of hydrogen-bond donors (Lipinski definition) is 1. The van der Waals surface area contributed by atoms with Crippen molar-refractivity contribution < 1.29 is 13.2 Å². The van der Waals surface area contributed by atoms with E-state index in [1.807, 2.05) is 31.2 Å². The van der Waals surface area contributed by atoms with Crippen LogP contribution in [0.15, 0.2) is 24.3 Å². The zero-order valence-electron chi connectivity index (χ0n) is 11.2. The Labute approximate surface area is 114 Å². The van der Waals surface area contributed by atoms with Crippen LogP contribution in [0.3, 0.4) is 0 Å². The second-order valence-corrected chi connectivity index (χ2v) is 7.51. The Hall–Kier alpha value is -1.07. The van der Waals surface area contributed by atoms with Crippen molar-refractivity contribution >= 4 is 9.84 Å². The molecule has 0 spiro atoms. The fourth-order valence-electron chi connectivity index (χ4n) is 2.43. The second kappa shape index (κ2) is 5.92. The first kappa shape index (κ1) is 14.3. The lowest BCUT2D eigenvalue weighted by atomic mass is 9.93. The van der Waals surface area contributed by atoms with Gasteiger partial charge in [0, 0.05) is 5.92 Å². The topological polar surface area (TPSA) is 69.4 Å². The van der Waals surface area contributed by atoms with Crippen LogP contribution in [0.2, 0.25) is 0 Å². The van der Waals surface area contributed by atoms with Crippen molar-refractivity contribution in [2.75, 3.05) is 24.7 Å². The highest BCUT2D eigenvalue weighted by Crippen LogP contribution is 2.26. The lowest BCUT2D eigenvalue weighted by Crippen LogP contribution is -2.29. The third-order valence-electron chi connectivity index (χ3n) is 3.72. The molecule has 5 heteroatoms. The van der Waals surface area contributed by atoms with Gasteiger partial charge in [-0.05, 0) is 37.9 Å². The molecule has 0 saturated carbocycles. The van der Waals surface area contributed by atoms with Crippen LogP contribution in [0, 0.1) is 18.8 Å². The summed E-state index contributed by atoms with van der Waals surface area (Å²) in [4.78, 5) is 0. The van der Waals surface area contributed by atoms with Gasteiger partial charge in [-0.25, -0.2) is 8.42 Å². The number of benzene rings is 1. The average molecular weight is 283 g/mol. The lowest BCUT2D eigenvalue weighted by molar-refractivity contribution is 0.209. The molecule has 4 nitrogen and oxygen atoms in total. The van der Waals surface area contributed by atoms with E-state index < -0.39 is 9.84 Å². The summed E-state index contributed by atoms with van der Waals surface area (Å²) < 4.78 is 28.7. The van der Waals surface area contributed by atoms with E-state index in [1.54, 1.807) is 0 Å². The van der Waals surface area contributed by atoms with Gasteiger partial charge in [-0.2, -0.15) is 0 Å². The Kier molecular flexibility index (Phi) is 4.47. The van der Waals surface area contributed by atoms with Crippen molar-refractivity contribution in [1.82, 2.24) is 0 Å². The first-order valence-corrected chi connectivity index (χ1v) is 8.42. The summed E-state index contributed by atoms with van der Waals surface area (Å²) in [6, 6.07) is 7.84. The van der Waals surface area contributed by atoms with Crippen molar-refractivity contribution in [1.29, 1.82) is 0 Å². The number of ether oxygens (including phenoxy) is 1. The minimum atomic E-state index is -2.85. The first-order chi connectivity index (χ1) is 9.00. The van der Waals surface area contributed by atoms with Crippen LogP contribution in [0.5, 0.6) is 5.75 Å².